The van der Waals surface area contributed by atoms with Crippen molar-refractivity contribution in [2.24, 2.45) is 0 Å². The number of aryl methyl sites for hydroxylation is 2. The second-order valence-corrected chi connectivity index (χ2v) is 6.74. The third kappa shape index (κ3) is 5.49. The molecule has 2 aromatic carbocycles. The van der Waals surface area contributed by atoms with Gasteiger partial charge in [0, 0.05) is 24.9 Å². The number of carbonyl (C=O) groups excluding carboxylic acids is 1. The van der Waals surface area contributed by atoms with Crippen LogP contribution in [0.5, 0.6) is 0 Å². The van der Waals surface area contributed by atoms with E-state index in [1.54, 1.807) is 0 Å². The Bertz CT molecular complexity index is 925. The summed E-state index contributed by atoms with van der Waals surface area (Å²) in [7, 11) is 0. The number of amides is 1. The van der Waals surface area contributed by atoms with Gasteiger partial charge in [0.25, 0.3) is 0 Å². The first-order valence-electron chi connectivity index (χ1n) is 9.24. The van der Waals surface area contributed by atoms with Crippen LogP contribution in [0.4, 0.5) is 8.78 Å². The summed E-state index contributed by atoms with van der Waals surface area (Å²) >= 11 is 0. The number of oxazole rings is 1. The third-order valence-corrected chi connectivity index (χ3v) is 4.43. The van der Waals surface area contributed by atoms with Crippen LogP contribution in [-0.4, -0.2) is 16.9 Å². The molecule has 3 rings (SSSR count). The fourth-order valence-electron chi connectivity index (χ4n) is 2.91. The third-order valence-electron chi connectivity index (χ3n) is 4.43. The van der Waals surface area contributed by atoms with Gasteiger partial charge in [-0.05, 0) is 37.5 Å². The van der Waals surface area contributed by atoms with Crippen molar-refractivity contribution in [2.75, 3.05) is 0 Å². The van der Waals surface area contributed by atoms with Crippen molar-refractivity contribution in [3.8, 4) is 11.3 Å². The van der Waals surface area contributed by atoms with Gasteiger partial charge in [0.2, 0.25) is 5.91 Å². The van der Waals surface area contributed by atoms with Crippen molar-refractivity contribution in [1.82, 2.24) is 10.3 Å². The minimum atomic E-state index is -0.715. The van der Waals surface area contributed by atoms with Crippen molar-refractivity contribution in [2.45, 2.75) is 38.6 Å². The quantitative estimate of drug-likeness (QED) is 0.613. The molecule has 0 radical (unpaired) electrons. The summed E-state index contributed by atoms with van der Waals surface area (Å²) in [6, 6.07) is 13.4. The highest BCUT2D eigenvalue weighted by Crippen LogP contribution is 2.24. The van der Waals surface area contributed by atoms with Gasteiger partial charge in [-0.25, -0.2) is 13.8 Å². The average molecular weight is 384 g/mol. The molecule has 0 spiro atoms. The van der Waals surface area contributed by atoms with Crippen LogP contribution in [0, 0.1) is 11.6 Å². The predicted molar refractivity (Wildman–Crippen MR) is 103 cm³/mol. The summed E-state index contributed by atoms with van der Waals surface area (Å²) in [6.07, 6.45) is 3.66. The lowest BCUT2D eigenvalue weighted by Crippen LogP contribution is -2.33. The lowest BCUT2D eigenvalue weighted by atomic mass is 10.1. The first kappa shape index (κ1) is 19.7. The number of halogens is 2. The van der Waals surface area contributed by atoms with E-state index in [2.05, 4.69) is 22.4 Å². The maximum atomic E-state index is 13.8. The van der Waals surface area contributed by atoms with E-state index >= 15 is 0 Å². The molecule has 4 nitrogen and oxygen atoms in total. The summed E-state index contributed by atoms with van der Waals surface area (Å²) < 4.78 is 32.3. The van der Waals surface area contributed by atoms with Crippen molar-refractivity contribution in [3.05, 3.63) is 77.8 Å². The van der Waals surface area contributed by atoms with Gasteiger partial charge >= 0.3 is 0 Å². The Morgan fingerprint density at radius 3 is 2.68 bits per heavy atom. The van der Waals surface area contributed by atoms with Crippen LogP contribution in [0.2, 0.25) is 0 Å². The van der Waals surface area contributed by atoms with E-state index in [0.29, 0.717) is 12.3 Å². The number of nitrogens with one attached hydrogen (secondary N) is 1. The van der Waals surface area contributed by atoms with E-state index in [1.165, 1.54) is 17.8 Å². The topological polar surface area (TPSA) is 55.1 Å². The van der Waals surface area contributed by atoms with Gasteiger partial charge in [-0.1, -0.05) is 30.3 Å². The fraction of sp³-hybridized carbons (Fsp3) is 0.273. The predicted octanol–water partition coefficient (Wildman–Crippen LogP) is 4.69. The fourth-order valence-corrected chi connectivity index (χ4v) is 2.91. The molecule has 1 unspecified atom stereocenters. The first-order chi connectivity index (χ1) is 13.5. The Morgan fingerprint density at radius 2 is 1.93 bits per heavy atom. The van der Waals surface area contributed by atoms with Crippen LogP contribution in [0.1, 0.15) is 31.2 Å². The highest BCUT2D eigenvalue weighted by molar-refractivity contribution is 5.76. The Morgan fingerprint density at radius 1 is 1.14 bits per heavy atom. The molecule has 0 bridgehead atoms. The second-order valence-electron chi connectivity index (χ2n) is 6.74. The largest absolute Gasteiger partial charge is 0.441 e. The van der Waals surface area contributed by atoms with Gasteiger partial charge in [-0.3, -0.25) is 4.79 Å². The van der Waals surface area contributed by atoms with E-state index in [9.17, 15) is 13.6 Å². The number of nitrogens with zero attached hydrogens (tertiary/aromatic N) is 1. The number of hydrogen-bond acceptors (Lipinski definition) is 3. The van der Waals surface area contributed by atoms with E-state index < -0.39 is 11.6 Å². The van der Waals surface area contributed by atoms with Gasteiger partial charge in [0.15, 0.2) is 11.7 Å². The molecule has 0 fully saturated rings. The zero-order valence-corrected chi connectivity index (χ0v) is 15.6. The number of carbonyl (C=O) groups is 1. The number of rotatable bonds is 8. The Hall–Kier alpha value is -3.02. The minimum Gasteiger partial charge on any atom is -0.441 e. The van der Waals surface area contributed by atoms with Gasteiger partial charge in [0.05, 0.1) is 11.8 Å². The first-order valence-corrected chi connectivity index (χ1v) is 9.24. The number of aromatic nitrogens is 1. The van der Waals surface area contributed by atoms with Gasteiger partial charge in [-0.2, -0.15) is 0 Å². The molecule has 6 heteroatoms. The highest BCUT2D eigenvalue weighted by Gasteiger charge is 2.14. The Labute approximate surface area is 162 Å². The van der Waals surface area contributed by atoms with Gasteiger partial charge in [0.1, 0.15) is 11.6 Å². The van der Waals surface area contributed by atoms with E-state index in [1.807, 2.05) is 25.1 Å². The van der Waals surface area contributed by atoms with E-state index in [4.69, 9.17) is 4.42 Å². The summed E-state index contributed by atoms with van der Waals surface area (Å²) in [6.45, 7) is 1.97. The zero-order chi connectivity index (χ0) is 19.9. The standard InChI is InChI=1S/C22H22F2N2O2/c1-15(7-8-16-5-3-2-4-6-16)26-21(27)11-12-22-25-14-20(28-22)18-10-9-17(23)13-19(18)24/h2-6,9-10,13-15H,7-8,11-12H2,1H3,(H,26,27). The smallest absolute Gasteiger partial charge is 0.220 e. The molecule has 0 saturated carbocycles. The van der Waals surface area contributed by atoms with Crippen LogP contribution < -0.4 is 5.32 Å². The van der Waals surface area contributed by atoms with Crippen LogP contribution in [0.3, 0.4) is 0 Å². The molecule has 0 saturated heterocycles. The van der Waals surface area contributed by atoms with Gasteiger partial charge < -0.3 is 9.73 Å². The van der Waals surface area contributed by atoms with E-state index in [0.717, 1.165) is 25.0 Å². The molecule has 1 N–H and O–H groups in total. The van der Waals surface area contributed by atoms with Crippen LogP contribution >= 0.6 is 0 Å². The monoisotopic (exact) mass is 384 g/mol. The molecule has 146 valence electrons. The van der Waals surface area contributed by atoms with Crippen molar-refractivity contribution < 1.29 is 18.0 Å². The van der Waals surface area contributed by atoms with Crippen molar-refractivity contribution in [3.63, 3.8) is 0 Å². The summed E-state index contributed by atoms with van der Waals surface area (Å²) in [4.78, 5) is 16.2. The lowest BCUT2D eigenvalue weighted by molar-refractivity contribution is -0.121. The Balaban J connectivity index is 1.46. The zero-order valence-electron chi connectivity index (χ0n) is 15.6. The van der Waals surface area contributed by atoms with Crippen LogP contribution in [0.15, 0.2) is 59.1 Å². The normalized spacial score (nSPS) is 12.0. The molecular formula is C22H22F2N2O2. The average Bonchev–Trinajstić information content (AvgIpc) is 3.14. The minimum absolute atomic E-state index is 0.0566. The SMILES string of the molecule is CC(CCc1ccccc1)NC(=O)CCc1ncc(-c2ccc(F)cc2F)o1. The van der Waals surface area contributed by atoms with Crippen molar-refractivity contribution in [1.29, 1.82) is 0 Å². The molecule has 28 heavy (non-hydrogen) atoms. The molecule has 3 aromatic rings. The maximum Gasteiger partial charge on any atom is 0.220 e. The Kier molecular flexibility index (Phi) is 6.53. The van der Waals surface area contributed by atoms with Crippen molar-refractivity contribution >= 4 is 5.91 Å². The summed E-state index contributed by atoms with van der Waals surface area (Å²) in [5.74, 6) is -0.907. The molecule has 1 atom stereocenters. The molecular weight excluding hydrogens is 362 g/mol. The second kappa shape index (κ2) is 9.26. The summed E-state index contributed by atoms with van der Waals surface area (Å²) in [5.41, 5.74) is 1.38. The molecule has 1 amide bonds. The molecule has 0 aliphatic rings. The molecule has 0 aliphatic carbocycles. The summed E-state index contributed by atoms with van der Waals surface area (Å²) in [5, 5.41) is 2.96. The number of benzene rings is 2. The maximum absolute atomic E-state index is 13.8. The van der Waals surface area contributed by atoms with Crippen LogP contribution in [0.25, 0.3) is 11.3 Å². The van der Waals surface area contributed by atoms with E-state index in [-0.39, 0.29) is 29.7 Å². The lowest BCUT2D eigenvalue weighted by Gasteiger charge is -2.13. The molecule has 1 aromatic heterocycles. The number of hydrogen-bond donors (Lipinski definition) is 1. The highest BCUT2D eigenvalue weighted by atomic mass is 19.1. The molecule has 1 heterocycles. The van der Waals surface area contributed by atoms with Gasteiger partial charge in [-0.15, -0.1) is 0 Å². The van der Waals surface area contributed by atoms with Crippen LogP contribution in [-0.2, 0) is 17.6 Å². The molecule has 0 aliphatic heterocycles.